The van der Waals surface area contributed by atoms with Crippen molar-refractivity contribution in [3.63, 3.8) is 0 Å². The van der Waals surface area contributed by atoms with Crippen LogP contribution < -0.4 is 0 Å². The largest absolute Gasteiger partial charge is 0.289 e. The van der Waals surface area contributed by atoms with Gasteiger partial charge in [-0.25, -0.2) is 21.9 Å². The number of rotatable bonds is 4. The van der Waals surface area contributed by atoms with E-state index in [1.165, 1.54) is 10.8 Å². The first-order valence-corrected chi connectivity index (χ1v) is 10.0. The third-order valence-corrected chi connectivity index (χ3v) is 6.35. The molecule has 1 aromatic carbocycles. The van der Waals surface area contributed by atoms with Crippen LogP contribution >= 0.6 is 11.6 Å². The quantitative estimate of drug-likeness (QED) is 0.582. The fraction of sp³-hybridized carbons (Fsp3) is 0.294. The van der Waals surface area contributed by atoms with E-state index in [1.54, 1.807) is 6.92 Å². The van der Waals surface area contributed by atoms with Gasteiger partial charge in [0.25, 0.3) is 0 Å². The smallest absolute Gasteiger partial charge is 0.188 e. The summed E-state index contributed by atoms with van der Waals surface area (Å²) in [6, 6.07) is 2.36. The number of sulfone groups is 1. The van der Waals surface area contributed by atoms with Crippen molar-refractivity contribution in [3.05, 3.63) is 57.9 Å². The van der Waals surface area contributed by atoms with E-state index in [0.29, 0.717) is 23.7 Å². The minimum atomic E-state index is -3.10. The lowest BCUT2D eigenvalue weighted by Gasteiger charge is -2.09. The van der Waals surface area contributed by atoms with E-state index in [1.807, 2.05) is 0 Å². The average molecular weight is 401 g/mol. The van der Waals surface area contributed by atoms with Gasteiger partial charge in [-0.1, -0.05) is 11.6 Å². The fourth-order valence-electron chi connectivity index (χ4n) is 2.87. The lowest BCUT2D eigenvalue weighted by molar-refractivity contribution is 0.104. The van der Waals surface area contributed by atoms with E-state index < -0.39 is 27.3 Å². The van der Waals surface area contributed by atoms with Crippen LogP contribution in [0, 0.1) is 18.6 Å². The van der Waals surface area contributed by atoms with Gasteiger partial charge in [-0.15, -0.1) is 0 Å². The molecule has 1 saturated heterocycles. The van der Waals surface area contributed by atoms with Gasteiger partial charge in [-0.2, -0.15) is 5.10 Å². The van der Waals surface area contributed by atoms with Gasteiger partial charge in [-0.3, -0.25) is 4.79 Å². The Hall–Kier alpha value is -2.06. The monoisotopic (exact) mass is 400 g/mol. The number of aryl methyl sites for hydroxylation is 1. The zero-order valence-electron chi connectivity index (χ0n) is 13.7. The molecular weight excluding hydrogens is 386 g/mol. The molecule has 1 aromatic heterocycles. The lowest BCUT2D eigenvalue weighted by atomic mass is 10.1. The van der Waals surface area contributed by atoms with Crippen LogP contribution in [0.4, 0.5) is 8.78 Å². The summed E-state index contributed by atoms with van der Waals surface area (Å²) in [5, 5.41) is 4.49. The summed E-state index contributed by atoms with van der Waals surface area (Å²) >= 11 is 6.30. The molecule has 1 atom stereocenters. The van der Waals surface area contributed by atoms with Gasteiger partial charge in [0.1, 0.15) is 16.8 Å². The Morgan fingerprint density at radius 2 is 2.12 bits per heavy atom. The van der Waals surface area contributed by atoms with Crippen molar-refractivity contribution in [1.82, 2.24) is 9.78 Å². The third-order valence-electron chi connectivity index (χ3n) is 4.22. The van der Waals surface area contributed by atoms with Crippen molar-refractivity contribution >= 4 is 33.3 Å². The number of nitrogens with zero attached hydrogens (tertiary/aromatic N) is 2. The van der Waals surface area contributed by atoms with Gasteiger partial charge in [0.15, 0.2) is 15.6 Å². The maximum atomic E-state index is 13.7. The first-order valence-electron chi connectivity index (χ1n) is 7.80. The van der Waals surface area contributed by atoms with E-state index in [0.717, 1.165) is 18.2 Å². The Morgan fingerprint density at radius 1 is 1.38 bits per heavy atom. The van der Waals surface area contributed by atoms with Crippen LogP contribution in [0.5, 0.6) is 0 Å². The number of allylic oxidation sites excluding steroid dienone is 1. The third kappa shape index (κ3) is 3.71. The van der Waals surface area contributed by atoms with Crippen molar-refractivity contribution in [2.45, 2.75) is 19.4 Å². The van der Waals surface area contributed by atoms with Gasteiger partial charge < -0.3 is 0 Å². The van der Waals surface area contributed by atoms with Crippen molar-refractivity contribution in [1.29, 1.82) is 0 Å². The van der Waals surface area contributed by atoms with E-state index in [2.05, 4.69) is 5.10 Å². The number of hydrogen-bond acceptors (Lipinski definition) is 4. The Balaban J connectivity index is 1.86. The summed E-state index contributed by atoms with van der Waals surface area (Å²) in [6.45, 7) is 1.68. The molecule has 2 aromatic rings. The highest BCUT2D eigenvalue weighted by atomic mass is 35.5. The SMILES string of the molecule is Cc1nn([C@H]2CCS(=O)(=O)C2)c(Cl)c1/C=C/C(=O)c1ccc(F)cc1F. The summed E-state index contributed by atoms with van der Waals surface area (Å²) in [4.78, 5) is 12.1. The van der Waals surface area contributed by atoms with Crippen LogP contribution in [-0.4, -0.2) is 35.5 Å². The predicted molar refractivity (Wildman–Crippen MR) is 94.0 cm³/mol. The number of benzene rings is 1. The minimum Gasteiger partial charge on any atom is -0.289 e. The molecule has 2 heterocycles. The summed E-state index contributed by atoms with van der Waals surface area (Å²) < 4.78 is 51.3. The van der Waals surface area contributed by atoms with Gasteiger partial charge in [-0.05, 0) is 37.6 Å². The van der Waals surface area contributed by atoms with E-state index in [-0.39, 0.29) is 28.3 Å². The lowest BCUT2D eigenvalue weighted by Crippen LogP contribution is -2.12. The zero-order chi connectivity index (χ0) is 19.1. The van der Waals surface area contributed by atoms with Crippen molar-refractivity contribution in [2.24, 2.45) is 0 Å². The molecule has 138 valence electrons. The van der Waals surface area contributed by atoms with E-state index in [9.17, 15) is 22.0 Å². The van der Waals surface area contributed by atoms with E-state index in [4.69, 9.17) is 11.6 Å². The highest BCUT2D eigenvalue weighted by Gasteiger charge is 2.31. The van der Waals surface area contributed by atoms with Crippen molar-refractivity contribution in [2.75, 3.05) is 11.5 Å². The first kappa shape index (κ1) is 18.7. The highest BCUT2D eigenvalue weighted by Crippen LogP contribution is 2.30. The molecule has 1 aliphatic heterocycles. The van der Waals surface area contributed by atoms with Crippen LogP contribution in [0.25, 0.3) is 6.08 Å². The summed E-state index contributed by atoms with van der Waals surface area (Å²) in [7, 11) is -3.10. The van der Waals surface area contributed by atoms with Gasteiger partial charge in [0.2, 0.25) is 0 Å². The molecule has 5 nitrogen and oxygen atoms in total. The summed E-state index contributed by atoms with van der Waals surface area (Å²) in [5.41, 5.74) is 0.709. The van der Waals surface area contributed by atoms with Crippen LogP contribution in [0.2, 0.25) is 5.15 Å². The topological polar surface area (TPSA) is 69.0 Å². The van der Waals surface area contributed by atoms with Gasteiger partial charge in [0, 0.05) is 11.6 Å². The Bertz CT molecular complexity index is 1020. The molecule has 1 fully saturated rings. The molecule has 1 aliphatic rings. The number of ketones is 1. The van der Waals surface area contributed by atoms with Gasteiger partial charge in [0.05, 0.1) is 28.8 Å². The molecule has 0 spiro atoms. The maximum absolute atomic E-state index is 13.7. The predicted octanol–water partition coefficient (Wildman–Crippen LogP) is 3.38. The number of halogens is 3. The number of aromatic nitrogens is 2. The Morgan fingerprint density at radius 3 is 2.73 bits per heavy atom. The second kappa shape index (κ2) is 6.92. The molecule has 0 aliphatic carbocycles. The first-order chi connectivity index (χ1) is 12.2. The van der Waals surface area contributed by atoms with Crippen LogP contribution in [0.3, 0.4) is 0 Å². The molecule has 26 heavy (non-hydrogen) atoms. The Kier molecular flexibility index (Phi) is 4.98. The molecule has 0 unspecified atom stereocenters. The molecular formula is C17H15ClF2N2O3S. The molecule has 0 radical (unpaired) electrons. The zero-order valence-corrected chi connectivity index (χ0v) is 15.3. The average Bonchev–Trinajstić information content (AvgIpc) is 3.04. The number of carbonyl (C=O) groups excluding carboxylic acids is 1. The van der Waals surface area contributed by atoms with Gasteiger partial charge >= 0.3 is 0 Å². The van der Waals surface area contributed by atoms with Crippen LogP contribution in [-0.2, 0) is 9.84 Å². The summed E-state index contributed by atoms with van der Waals surface area (Å²) in [5.74, 6) is -2.31. The standard InChI is InChI=1S/C17H15ClF2N2O3S/c1-10-13(4-5-16(23)14-3-2-11(19)8-15(14)20)17(18)22(21-10)12-6-7-26(24,25)9-12/h2-5,8,12H,6-7,9H2,1H3/b5-4+/t12-/m0/s1. The maximum Gasteiger partial charge on any atom is 0.188 e. The minimum absolute atomic E-state index is 0.0310. The highest BCUT2D eigenvalue weighted by molar-refractivity contribution is 7.91. The number of hydrogen-bond donors (Lipinski definition) is 0. The van der Waals surface area contributed by atoms with Crippen molar-refractivity contribution < 1.29 is 22.0 Å². The Labute approximate surface area is 154 Å². The van der Waals surface area contributed by atoms with Crippen LogP contribution in [0.15, 0.2) is 24.3 Å². The summed E-state index contributed by atoms with van der Waals surface area (Å²) in [6.07, 6.45) is 2.95. The normalized spacial score (nSPS) is 19.3. The molecule has 0 amide bonds. The molecule has 0 bridgehead atoms. The van der Waals surface area contributed by atoms with Crippen LogP contribution in [0.1, 0.15) is 34.1 Å². The fourth-order valence-corrected chi connectivity index (χ4v) is 4.94. The molecule has 0 N–H and O–H groups in total. The van der Waals surface area contributed by atoms with Crippen molar-refractivity contribution in [3.8, 4) is 0 Å². The second-order valence-corrected chi connectivity index (χ2v) is 8.70. The molecule has 9 heteroatoms. The number of carbonyl (C=O) groups is 1. The molecule has 3 rings (SSSR count). The molecule has 0 saturated carbocycles. The van der Waals surface area contributed by atoms with E-state index >= 15 is 0 Å². The second-order valence-electron chi connectivity index (χ2n) is 6.11.